The number of rotatable bonds is 2. The average Bonchev–Trinajstić information content (AvgIpc) is 2.93. The van der Waals surface area contributed by atoms with E-state index in [0.717, 1.165) is 0 Å². The molecule has 0 spiro atoms. The van der Waals surface area contributed by atoms with Gasteiger partial charge in [0.2, 0.25) is 5.96 Å². The molecule has 3 aliphatic rings. The summed E-state index contributed by atoms with van der Waals surface area (Å²) in [6, 6.07) is -0.497. The van der Waals surface area contributed by atoms with E-state index in [1.165, 1.54) is 11.2 Å². The Morgan fingerprint density at radius 3 is 2.70 bits per heavy atom. The smallest absolute Gasteiger partial charge is 0.219 e. The second-order valence-corrected chi connectivity index (χ2v) is 4.82. The van der Waals surface area contributed by atoms with E-state index >= 15 is 0 Å². The summed E-state index contributed by atoms with van der Waals surface area (Å²) in [4.78, 5) is 13.6. The highest BCUT2D eigenvalue weighted by Gasteiger charge is 2.49. The van der Waals surface area contributed by atoms with Crippen LogP contribution in [0.4, 0.5) is 0 Å². The summed E-state index contributed by atoms with van der Waals surface area (Å²) >= 11 is 0. The first-order valence-corrected chi connectivity index (χ1v) is 6.13. The molecule has 0 radical (unpaired) electrons. The Balaban J connectivity index is 1.83. The van der Waals surface area contributed by atoms with E-state index in [1.54, 1.807) is 0 Å². The maximum atomic E-state index is 10.0. The van der Waals surface area contributed by atoms with E-state index in [2.05, 4.69) is 15.0 Å². The second kappa shape index (κ2) is 4.66. The van der Waals surface area contributed by atoms with Crippen molar-refractivity contribution in [2.24, 2.45) is 26.4 Å². The molecule has 7 N–H and O–H groups in total. The zero-order valence-electron chi connectivity index (χ0n) is 10.4. The lowest BCUT2D eigenvalue weighted by molar-refractivity contribution is -0.0778. The lowest BCUT2D eigenvalue weighted by atomic mass is 10.1. The van der Waals surface area contributed by atoms with Crippen molar-refractivity contribution in [1.29, 1.82) is 0 Å². The summed E-state index contributed by atoms with van der Waals surface area (Å²) in [7, 11) is 0. The molecule has 0 aliphatic carbocycles. The van der Waals surface area contributed by atoms with Gasteiger partial charge in [0.15, 0.2) is 12.4 Å². The van der Waals surface area contributed by atoms with Crippen LogP contribution in [0.1, 0.15) is 0 Å². The molecule has 3 unspecified atom stereocenters. The lowest BCUT2D eigenvalue weighted by Gasteiger charge is -2.32. The largest absolute Gasteiger partial charge is 0.394 e. The standard InChI is InChI=1S/C10H16N6O4/c11-7-4-8(15-10(12)14-7)16(2-13-4)9-6(19)5(18)3(1-17)20-9/h2-6,8-9,17-19H,1H2,(H4,11,12,14,15)/t3-,4?,5+,6?,8?,9-/m1/s1. The minimum Gasteiger partial charge on any atom is -0.394 e. The van der Waals surface area contributed by atoms with Gasteiger partial charge in [0.05, 0.1) is 12.9 Å². The highest BCUT2D eigenvalue weighted by molar-refractivity contribution is 6.01. The number of aliphatic imine (C=N–C) groups is 3. The molecule has 0 aromatic rings. The van der Waals surface area contributed by atoms with Crippen LogP contribution >= 0.6 is 0 Å². The Labute approximate surface area is 114 Å². The molecule has 6 atom stereocenters. The van der Waals surface area contributed by atoms with Crippen LogP contribution in [0, 0.1) is 0 Å². The summed E-state index contributed by atoms with van der Waals surface area (Å²) in [5.74, 6) is 0.249. The van der Waals surface area contributed by atoms with Gasteiger partial charge in [-0.3, -0.25) is 4.99 Å². The van der Waals surface area contributed by atoms with Gasteiger partial charge in [-0.05, 0) is 0 Å². The maximum absolute atomic E-state index is 10.0. The molecule has 0 aromatic heterocycles. The third-order valence-corrected chi connectivity index (χ3v) is 3.57. The first kappa shape index (κ1) is 13.2. The number of aliphatic hydroxyl groups excluding tert-OH is 3. The van der Waals surface area contributed by atoms with Crippen LogP contribution in [0.15, 0.2) is 15.0 Å². The van der Waals surface area contributed by atoms with E-state index in [9.17, 15) is 10.2 Å². The van der Waals surface area contributed by atoms with E-state index in [-0.39, 0.29) is 11.8 Å². The van der Waals surface area contributed by atoms with Crippen LogP contribution in [0.5, 0.6) is 0 Å². The Morgan fingerprint density at radius 2 is 2.05 bits per heavy atom. The summed E-state index contributed by atoms with van der Waals surface area (Å²) in [5, 5.41) is 28.9. The van der Waals surface area contributed by atoms with Crippen molar-refractivity contribution < 1.29 is 20.1 Å². The molecule has 10 heteroatoms. The first-order chi connectivity index (χ1) is 9.52. The van der Waals surface area contributed by atoms with Gasteiger partial charge in [-0.25, -0.2) is 4.99 Å². The number of nitrogens with two attached hydrogens (primary N) is 2. The molecule has 1 fully saturated rings. The van der Waals surface area contributed by atoms with Gasteiger partial charge >= 0.3 is 0 Å². The number of amidine groups is 1. The SMILES string of the molecule is NC1=NC2C(N=CN2[C@@H]2O[C@H](CO)[C@H](O)C2O)C(N)=N1. The second-order valence-electron chi connectivity index (χ2n) is 4.82. The van der Waals surface area contributed by atoms with Crippen molar-refractivity contribution in [1.82, 2.24) is 4.90 Å². The quantitative estimate of drug-likeness (QED) is 0.346. The molecule has 3 heterocycles. The predicted octanol–water partition coefficient (Wildman–Crippen LogP) is -3.85. The first-order valence-electron chi connectivity index (χ1n) is 6.13. The van der Waals surface area contributed by atoms with Crippen molar-refractivity contribution in [3.05, 3.63) is 0 Å². The number of fused-ring (bicyclic) bond motifs is 1. The van der Waals surface area contributed by atoms with Crippen LogP contribution in [0.3, 0.4) is 0 Å². The molecule has 110 valence electrons. The normalized spacial score (nSPS) is 43.5. The fourth-order valence-corrected chi connectivity index (χ4v) is 2.53. The number of ether oxygens (including phenoxy) is 1. The zero-order chi connectivity index (χ0) is 14.4. The number of hydrogen-bond donors (Lipinski definition) is 5. The lowest BCUT2D eigenvalue weighted by Crippen LogP contribution is -2.52. The molecule has 0 amide bonds. The summed E-state index contributed by atoms with van der Waals surface area (Å²) < 4.78 is 5.43. The minimum absolute atomic E-state index is 0.0194. The highest BCUT2D eigenvalue weighted by Crippen LogP contribution is 2.29. The molecule has 3 aliphatic heterocycles. The van der Waals surface area contributed by atoms with Gasteiger partial charge in [-0.1, -0.05) is 0 Å². The van der Waals surface area contributed by atoms with Crippen molar-refractivity contribution in [3.8, 4) is 0 Å². The van der Waals surface area contributed by atoms with Crippen LogP contribution < -0.4 is 11.5 Å². The zero-order valence-corrected chi connectivity index (χ0v) is 10.4. The Bertz CT molecular complexity index is 494. The van der Waals surface area contributed by atoms with Gasteiger partial charge in [0, 0.05) is 0 Å². The Hall–Kier alpha value is -1.75. The Kier molecular flexibility index (Phi) is 3.09. The molecule has 20 heavy (non-hydrogen) atoms. The van der Waals surface area contributed by atoms with Crippen molar-refractivity contribution >= 4 is 18.1 Å². The minimum atomic E-state index is -1.20. The maximum Gasteiger partial charge on any atom is 0.219 e. The Morgan fingerprint density at radius 1 is 1.30 bits per heavy atom. The monoisotopic (exact) mass is 284 g/mol. The molecular formula is C10H16N6O4. The third-order valence-electron chi connectivity index (χ3n) is 3.57. The summed E-state index contributed by atoms with van der Waals surface area (Å²) in [5.41, 5.74) is 11.3. The third kappa shape index (κ3) is 1.85. The molecule has 10 nitrogen and oxygen atoms in total. The average molecular weight is 284 g/mol. The van der Waals surface area contributed by atoms with Crippen molar-refractivity contribution in [3.63, 3.8) is 0 Å². The van der Waals surface area contributed by atoms with Gasteiger partial charge in [-0.15, -0.1) is 0 Å². The van der Waals surface area contributed by atoms with E-state index in [1.807, 2.05) is 0 Å². The molecule has 1 saturated heterocycles. The summed E-state index contributed by atoms with van der Waals surface area (Å²) in [6.45, 7) is -0.400. The van der Waals surface area contributed by atoms with Crippen LogP contribution in [0.25, 0.3) is 0 Å². The van der Waals surface area contributed by atoms with E-state index < -0.39 is 43.4 Å². The number of aliphatic hydroxyl groups is 3. The molecule has 3 rings (SSSR count). The van der Waals surface area contributed by atoms with Crippen LogP contribution in [0.2, 0.25) is 0 Å². The van der Waals surface area contributed by atoms with Crippen LogP contribution in [-0.4, -0.2) is 81.7 Å². The molecule has 0 saturated carbocycles. The number of guanidine groups is 1. The van der Waals surface area contributed by atoms with Crippen LogP contribution in [-0.2, 0) is 4.74 Å². The van der Waals surface area contributed by atoms with Crippen molar-refractivity contribution in [2.75, 3.05) is 6.61 Å². The van der Waals surface area contributed by atoms with Gasteiger partial charge in [0.1, 0.15) is 30.2 Å². The summed E-state index contributed by atoms with van der Waals surface area (Å²) in [6.07, 6.45) is -3.28. The molecular weight excluding hydrogens is 268 g/mol. The highest BCUT2D eigenvalue weighted by atomic mass is 16.6. The molecule has 0 bridgehead atoms. The van der Waals surface area contributed by atoms with Gasteiger partial charge in [-0.2, -0.15) is 4.99 Å². The van der Waals surface area contributed by atoms with Gasteiger partial charge in [0.25, 0.3) is 0 Å². The van der Waals surface area contributed by atoms with Crippen molar-refractivity contribution in [2.45, 2.75) is 36.7 Å². The number of nitrogens with zero attached hydrogens (tertiary/aromatic N) is 4. The predicted molar refractivity (Wildman–Crippen MR) is 68.9 cm³/mol. The molecule has 0 aromatic carbocycles. The fourth-order valence-electron chi connectivity index (χ4n) is 2.53. The topological polar surface area (TPSA) is 162 Å². The van der Waals surface area contributed by atoms with Gasteiger partial charge < -0.3 is 36.4 Å². The van der Waals surface area contributed by atoms with E-state index in [0.29, 0.717) is 0 Å². The fraction of sp³-hybridized carbons (Fsp3) is 0.700. The number of hydrogen-bond acceptors (Lipinski definition) is 10. The van der Waals surface area contributed by atoms with E-state index in [4.69, 9.17) is 21.3 Å².